The first kappa shape index (κ1) is 16.4. The Balaban J connectivity index is 1.82. The number of nitrogens with zero attached hydrogens (tertiary/aromatic N) is 1. The minimum absolute atomic E-state index is 0.176. The summed E-state index contributed by atoms with van der Waals surface area (Å²) < 4.78 is 14.2. The number of thiazole rings is 1. The number of aromatic nitrogens is 1. The molecule has 23 heavy (non-hydrogen) atoms. The highest BCUT2D eigenvalue weighted by Gasteiger charge is 2.05. The van der Waals surface area contributed by atoms with Gasteiger partial charge in [-0.2, -0.15) is 0 Å². The molecule has 2 aromatic carbocycles. The molecule has 0 aliphatic heterocycles. The van der Waals surface area contributed by atoms with Crippen LogP contribution in [0, 0.1) is 5.82 Å². The second kappa shape index (κ2) is 6.95. The fourth-order valence-corrected chi connectivity index (χ4v) is 3.91. The summed E-state index contributed by atoms with van der Waals surface area (Å²) in [6.45, 7) is 0. The van der Waals surface area contributed by atoms with Gasteiger partial charge < -0.3 is 5.11 Å². The summed E-state index contributed by atoms with van der Waals surface area (Å²) in [6.07, 6.45) is 3.82. The number of halogens is 3. The van der Waals surface area contributed by atoms with Crippen LogP contribution in [-0.4, -0.2) is 10.1 Å². The second-order valence-corrected chi connectivity index (χ2v) is 7.34. The molecule has 0 unspecified atom stereocenters. The number of benzene rings is 2. The van der Waals surface area contributed by atoms with E-state index in [2.05, 4.69) is 36.8 Å². The third-order valence-corrected chi connectivity index (χ3v) is 5.14. The number of hydrogen-bond acceptors (Lipinski definition) is 3. The molecule has 1 aromatic heterocycles. The van der Waals surface area contributed by atoms with E-state index >= 15 is 0 Å². The van der Waals surface area contributed by atoms with Gasteiger partial charge in [-0.3, -0.25) is 0 Å². The lowest BCUT2D eigenvalue weighted by molar-refractivity contribution is 0.468. The third-order valence-electron chi connectivity index (χ3n) is 3.12. The maximum Gasteiger partial charge on any atom is 0.143 e. The molecular formula is C17H10Br2FNOS. The predicted molar refractivity (Wildman–Crippen MR) is 99.9 cm³/mol. The normalized spacial score (nSPS) is 11.3. The van der Waals surface area contributed by atoms with Crippen LogP contribution >= 0.6 is 43.2 Å². The number of rotatable bonds is 3. The summed E-state index contributed by atoms with van der Waals surface area (Å²) in [6, 6.07) is 9.93. The molecule has 0 amide bonds. The molecule has 0 saturated heterocycles. The van der Waals surface area contributed by atoms with Crippen molar-refractivity contribution >= 4 is 55.3 Å². The van der Waals surface area contributed by atoms with Crippen molar-refractivity contribution in [3.63, 3.8) is 0 Å². The Morgan fingerprint density at radius 2 is 1.70 bits per heavy atom. The van der Waals surface area contributed by atoms with E-state index in [1.807, 2.05) is 29.7 Å². The van der Waals surface area contributed by atoms with E-state index in [0.29, 0.717) is 8.95 Å². The fraction of sp³-hybridized carbons (Fsp3) is 0. The van der Waals surface area contributed by atoms with Crippen molar-refractivity contribution in [3.8, 4) is 17.0 Å². The lowest BCUT2D eigenvalue weighted by Crippen LogP contribution is -1.80. The van der Waals surface area contributed by atoms with Gasteiger partial charge in [-0.15, -0.1) is 11.3 Å². The summed E-state index contributed by atoms with van der Waals surface area (Å²) in [5.74, 6) is -0.0809. The highest BCUT2D eigenvalue weighted by molar-refractivity contribution is 9.11. The molecule has 6 heteroatoms. The third kappa shape index (κ3) is 3.88. The molecule has 3 rings (SSSR count). The van der Waals surface area contributed by atoms with E-state index in [4.69, 9.17) is 0 Å². The van der Waals surface area contributed by atoms with Crippen LogP contribution in [0.2, 0.25) is 0 Å². The number of aromatic hydroxyl groups is 1. The Morgan fingerprint density at radius 1 is 1.04 bits per heavy atom. The largest absolute Gasteiger partial charge is 0.506 e. The van der Waals surface area contributed by atoms with Crippen LogP contribution in [0.3, 0.4) is 0 Å². The maximum absolute atomic E-state index is 13.0. The van der Waals surface area contributed by atoms with Crippen molar-refractivity contribution in [2.24, 2.45) is 0 Å². The molecule has 0 fully saturated rings. The van der Waals surface area contributed by atoms with Crippen LogP contribution in [0.25, 0.3) is 23.4 Å². The number of phenols is 1. The summed E-state index contributed by atoms with van der Waals surface area (Å²) in [4.78, 5) is 4.52. The highest BCUT2D eigenvalue weighted by Crippen LogP contribution is 2.34. The van der Waals surface area contributed by atoms with Gasteiger partial charge in [0.15, 0.2) is 0 Å². The summed E-state index contributed by atoms with van der Waals surface area (Å²) in [5, 5.41) is 12.5. The van der Waals surface area contributed by atoms with Gasteiger partial charge in [-0.25, -0.2) is 9.37 Å². The summed E-state index contributed by atoms with van der Waals surface area (Å²) in [5.41, 5.74) is 2.64. The Hall–Kier alpha value is -1.50. The van der Waals surface area contributed by atoms with E-state index in [-0.39, 0.29) is 11.6 Å². The average molecular weight is 455 g/mol. The van der Waals surface area contributed by atoms with Crippen molar-refractivity contribution in [2.75, 3.05) is 0 Å². The van der Waals surface area contributed by atoms with E-state index in [1.54, 1.807) is 12.1 Å². The van der Waals surface area contributed by atoms with Crippen molar-refractivity contribution in [1.82, 2.24) is 4.98 Å². The zero-order valence-corrected chi connectivity index (χ0v) is 15.6. The molecule has 0 saturated carbocycles. The first-order chi connectivity index (χ1) is 11.0. The maximum atomic E-state index is 13.0. The quantitative estimate of drug-likeness (QED) is 0.500. The molecule has 0 spiro atoms. The molecule has 1 N–H and O–H groups in total. The second-order valence-electron chi connectivity index (χ2n) is 4.74. The lowest BCUT2D eigenvalue weighted by Gasteiger charge is -2.01. The smallest absolute Gasteiger partial charge is 0.143 e. The minimum Gasteiger partial charge on any atom is -0.506 e. The molecule has 0 aliphatic carbocycles. The van der Waals surface area contributed by atoms with Crippen LogP contribution in [0.1, 0.15) is 10.6 Å². The average Bonchev–Trinajstić information content (AvgIpc) is 3.00. The van der Waals surface area contributed by atoms with Crippen LogP contribution in [-0.2, 0) is 0 Å². The van der Waals surface area contributed by atoms with Crippen molar-refractivity contribution in [3.05, 3.63) is 67.1 Å². The summed E-state index contributed by atoms with van der Waals surface area (Å²) in [7, 11) is 0. The Kier molecular flexibility index (Phi) is 4.94. The Morgan fingerprint density at radius 3 is 2.35 bits per heavy atom. The highest BCUT2D eigenvalue weighted by atomic mass is 79.9. The van der Waals surface area contributed by atoms with Gasteiger partial charge in [0.1, 0.15) is 16.6 Å². The minimum atomic E-state index is -0.257. The standard InChI is InChI=1S/C17H10Br2FNOS/c18-13-7-10(8-14(19)17(13)22)1-6-16-21-15(9-23-16)11-2-4-12(20)5-3-11/h1-9,22H. The van der Waals surface area contributed by atoms with Gasteiger partial charge in [0.05, 0.1) is 14.6 Å². The number of phenolic OH excluding ortho intramolecular Hbond substituents is 1. The molecule has 1 heterocycles. The van der Waals surface area contributed by atoms with E-state index in [0.717, 1.165) is 21.8 Å². The van der Waals surface area contributed by atoms with Crippen molar-refractivity contribution in [2.45, 2.75) is 0 Å². The number of hydrogen-bond donors (Lipinski definition) is 1. The predicted octanol–water partition coefficient (Wildman–Crippen LogP) is 6.35. The zero-order chi connectivity index (χ0) is 16.4. The van der Waals surface area contributed by atoms with Crippen LogP contribution in [0.5, 0.6) is 5.75 Å². The van der Waals surface area contributed by atoms with Crippen LogP contribution in [0.4, 0.5) is 4.39 Å². The fourth-order valence-electron chi connectivity index (χ4n) is 1.97. The van der Waals surface area contributed by atoms with Crippen molar-refractivity contribution < 1.29 is 9.50 Å². The van der Waals surface area contributed by atoms with E-state index in [9.17, 15) is 9.50 Å². The first-order valence-corrected chi connectivity index (χ1v) is 9.07. The van der Waals surface area contributed by atoms with Gasteiger partial charge in [0.2, 0.25) is 0 Å². The van der Waals surface area contributed by atoms with Gasteiger partial charge in [-0.05, 0) is 79.9 Å². The first-order valence-electron chi connectivity index (χ1n) is 6.60. The molecule has 0 bridgehead atoms. The van der Waals surface area contributed by atoms with Gasteiger partial charge in [0, 0.05) is 10.9 Å². The van der Waals surface area contributed by atoms with Gasteiger partial charge in [-0.1, -0.05) is 6.08 Å². The molecule has 0 atom stereocenters. The molecule has 116 valence electrons. The summed E-state index contributed by atoms with van der Waals surface area (Å²) >= 11 is 8.13. The molecule has 0 radical (unpaired) electrons. The van der Waals surface area contributed by atoms with Crippen LogP contribution < -0.4 is 0 Å². The van der Waals surface area contributed by atoms with Gasteiger partial charge in [0.25, 0.3) is 0 Å². The molecule has 2 nitrogen and oxygen atoms in total. The Labute approximate surface area is 153 Å². The zero-order valence-electron chi connectivity index (χ0n) is 11.6. The SMILES string of the molecule is Oc1c(Br)cc(C=Cc2nc(-c3ccc(F)cc3)cs2)cc1Br. The molecular weight excluding hydrogens is 445 g/mol. The monoisotopic (exact) mass is 453 g/mol. The molecule has 3 aromatic rings. The van der Waals surface area contributed by atoms with Gasteiger partial charge >= 0.3 is 0 Å². The van der Waals surface area contributed by atoms with E-state index < -0.39 is 0 Å². The van der Waals surface area contributed by atoms with E-state index in [1.165, 1.54) is 23.5 Å². The van der Waals surface area contributed by atoms with Crippen LogP contribution in [0.15, 0.2) is 50.7 Å². The van der Waals surface area contributed by atoms with Crippen molar-refractivity contribution in [1.29, 1.82) is 0 Å². The lowest BCUT2D eigenvalue weighted by atomic mass is 10.2. The topological polar surface area (TPSA) is 33.1 Å². The molecule has 0 aliphatic rings. The Bertz CT molecular complexity index is 852.